The molecule has 0 aliphatic heterocycles. The topological polar surface area (TPSA) is 48.4 Å². The molecule has 0 saturated heterocycles. The van der Waals surface area contributed by atoms with E-state index in [9.17, 15) is 4.79 Å². The molecule has 0 atom stereocenters. The van der Waals surface area contributed by atoms with Crippen molar-refractivity contribution in [1.29, 1.82) is 0 Å². The number of aryl methyl sites for hydroxylation is 1. The number of aromatic nitrogens is 1. The summed E-state index contributed by atoms with van der Waals surface area (Å²) in [6.45, 7) is 8.47. The number of nitrogens with zero attached hydrogens (tertiary/aromatic N) is 1. The van der Waals surface area contributed by atoms with Crippen LogP contribution in [-0.2, 0) is 0 Å². The van der Waals surface area contributed by atoms with E-state index in [0.29, 0.717) is 24.0 Å². The fourth-order valence-electron chi connectivity index (χ4n) is 2.58. The molecule has 2 aromatic carbocycles. The Hall–Kier alpha value is -2.88. The van der Waals surface area contributed by atoms with Gasteiger partial charge in [-0.1, -0.05) is 13.8 Å². The molecule has 1 aromatic heterocycles. The lowest BCUT2D eigenvalue weighted by atomic mass is 10.1. The van der Waals surface area contributed by atoms with Crippen molar-refractivity contribution < 1.29 is 14.3 Å². The lowest BCUT2D eigenvalue weighted by molar-refractivity contribution is 0.101. The lowest BCUT2D eigenvalue weighted by Crippen LogP contribution is -2.04. The Morgan fingerprint density at radius 3 is 2.58 bits per heavy atom. The molecule has 26 heavy (non-hydrogen) atoms. The minimum Gasteiger partial charge on any atom is -0.493 e. The summed E-state index contributed by atoms with van der Waals surface area (Å²) in [7, 11) is 0. The van der Waals surface area contributed by atoms with Gasteiger partial charge in [0.05, 0.1) is 12.1 Å². The van der Waals surface area contributed by atoms with Crippen LogP contribution in [0.2, 0.25) is 0 Å². The van der Waals surface area contributed by atoms with Gasteiger partial charge in [-0.15, -0.1) is 0 Å². The third-order valence-electron chi connectivity index (χ3n) is 4.01. The fraction of sp³-hybridized carbons (Fsp3) is 0.273. The van der Waals surface area contributed by atoms with Gasteiger partial charge in [0.15, 0.2) is 5.78 Å². The molecule has 0 saturated carbocycles. The second-order valence-corrected chi connectivity index (χ2v) is 6.85. The van der Waals surface area contributed by atoms with Crippen LogP contribution in [0.3, 0.4) is 0 Å². The molecule has 0 aliphatic carbocycles. The van der Waals surface area contributed by atoms with Crippen molar-refractivity contribution in [2.45, 2.75) is 27.7 Å². The Morgan fingerprint density at radius 2 is 1.88 bits per heavy atom. The van der Waals surface area contributed by atoms with E-state index in [-0.39, 0.29) is 5.78 Å². The summed E-state index contributed by atoms with van der Waals surface area (Å²) in [5.41, 5.74) is 2.46. The summed E-state index contributed by atoms with van der Waals surface area (Å²) < 4.78 is 11.7. The van der Waals surface area contributed by atoms with Gasteiger partial charge < -0.3 is 9.47 Å². The van der Waals surface area contributed by atoms with E-state index in [2.05, 4.69) is 18.8 Å². The Balaban J connectivity index is 1.80. The van der Waals surface area contributed by atoms with Gasteiger partial charge in [0.2, 0.25) is 5.88 Å². The molecule has 0 bridgehead atoms. The number of fused-ring (bicyclic) bond motifs is 1. The molecule has 0 fully saturated rings. The number of benzene rings is 2. The summed E-state index contributed by atoms with van der Waals surface area (Å²) >= 11 is 0. The summed E-state index contributed by atoms with van der Waals surface area (Å²) in [6.07, 6.45) is 0. The third-order valence-corrected chi connectivity index (χ3v) is 4.01. The molecule has 1 heterocycles. The molecule has 0 radical (unpaired) electrons. The maximum atomic E-state index is 11.5. The van der Waals surface area contributed by atoms with Gasteiger partial charge >= 0.3 is 0 Å². The number of pyridine rings is 1. The molecule has 3 aromatic rings. The van der Waals surface area contributed by atoms with Gasteiger partial charge in [-0.3, -0.25) is 4.79 Å². The Morgan fingerprint density at radius 1 is 1.08 bits per heavy atom. The molecule has 0 aliphatic rings. The number of hydrogen-bond acceptors (Lipinski definition) is 4. The molecule has 0 unspecified atom stereocenters. The van der Waals surface area contributed by atoms with Gasteiger partial charge in [-0.25, -0.2) is 4.98 Å². The average Bonchev–Trinajstić information content (AvgIpc) is 2.61. The highest BCUT2D eigenvalue weighted by atomic mass is 16.5. The third kappa shape index (κ3) is 4.20. The molecule has 4 nitrogen and oxygen atoms in total. The van der Waals surface area contributed by atoms with Crippen LogP contribution in [0.4, 0.5) is 0 Å². The molecule has 0 amide bonds. The maximum Gasteiger partial charge on any atom is 0.219 e. The number of ketones is 1. The standard InChI is InChI=1S/C22H23NO3/c1-14(2)13-25-19-7-9-21(15(3)11-19)26-22-10-6-18-12-17(16(4)24)5-8-20(18)23-22/h5-12,14H,13H2,1-4H3. The van der Waals surface area contributed by atoms with E-state index in [1.807, 2.05) is 49.4 Å². The molecule has 0 spiro atoms. The molecule has 4 heteroatoms. The van der Waals surface area contributed by atoms with Crippen LogP contribution in [0.1, 0.15) is 36.7 Å². The zero-order chi connectivity index (χ0) is 18.7. The lowest BCUT2D eigenvalue weighted by Gasteiger charge is -2.12. The zero-order valence-electron chi connectivity index (χ0n) is 15.6. The number of rotatable bonds is 6. The Bertz CT molecular complexity index is 947. The van der Waals surface area contributed by atoms with Gasteiger partial charge in [0.25, 0.3) is 0 Å². The van der Waals surface area contributed by atoms with Crippen molar-refractivity contribution in [3.8, 4) is 17.4 Å². The highest BCUT2D eigenvalue weighted by Gasteiger charge is 2.07. The predicted molar refractivity (Wildman–Crippen MR) is 103 cm³/mol. The zero-order valence-corrected chi connectivity index (χ0v) is 15.6. The van der Waals surface area contributed by atoms with E-state index in [1.54, 1.807) is 13.0 Å². The number of Topliss-reactive ketones (excluding diaryl/α,β-unsaturated/α-hetero) is 1. The van der Waals surface area contributed by atoms with Gasteiger partial charge in [0, 0.05) is 17.0 Å². The number of carbonyl (C=O) groups excluding carboxylic acids is 1. The Kier molecular flexibility index (Phi) is 5.21. The first-order chi connectivity index (χ1) is 12.4. The monoisotopic (exact) mass is 349 g/mol. The second-order valence-electron chi connectivity index (χ2n) is 6.85. The van der Waals surface area contributed by atoms with Crippen LogP contribution < -0.4 is 9.47 Å². The summed E-state index contributed by atoms with van der Waals surface area (Å²) in [4.78, 5) is 16.0. The molecule has 0 N–H and O–H groups in total. The van der Waals surface area contributed by atoms with E-state index in [4.69, 9.17) is 9.47 Å². The molecular weight excluding hydrogens is 326 g/mol. The van der Waals surface area contributed by atoms with Crippen LogP contribution in [-0.4, -0.2) is 17.4 Å². The van der Waals surface area contributed by atoms with E-state index < -0.39 is 0 Å². The first-order valence-electron chi connectivity index (χ1n) is 8.75. The highest BCUT2D eigenvalue weighted by Crippen LogP contribution is 2.28. The van der Waals surface area contributed by atoms with Gasteiger partial charge in [-0.05, 0) is 67.8 Å². The SMILES string of the molecule is CC(=O)c1ccc2nc(Oc3ccc(OCC(C)C)cc3C)ccc2c1. The number of ether oxygens (including phenoxy) is 2. The normalized spacial score (nSPS) is 11.0. The van der Waals surface area contributed by atoms with Crippen molar-refractivity contribution in [1.82, 2.24) is 4.98 Å². The highest BCUT2D eigenvalue weighted by molar-refractivity contribution is 5.97. The number of carbonyl (C=O) groups is 1. The van der Waals surface area contributed by atoms with E-state index in [1.165, 1.54) is 0 Å². The van der Waals surface area contributed by atoms with Crippen LogP contribution in [0, 0.1) is 12.8 Å². The maximum absolute atomic E-state index is 11.5. The number of hydrogen-bond donors (Lipinski definition) is 0. The smallest absolute Gasteiger partial charge is 0.219 e. The van der Waals surface area contributed by atoms with E-state index >= 15 is 0 Å². The molecule has 134 valence electrons. The summed E-state index contributed by atoms with van der Waals surface area (Å²) in [5, 5.41) is 0.916. The van der Waals surface area contributed by atoms with Crippen molar-refractivity contribution in [3.63, 3.8) is 0 Å². The first-order valence-corrected chi connectivity index (χ1v) is 8.75. The van der Waals surface area contributed by atoms with Gasteiger partial charge in [-0.2, -0.15) is 0 Å². The second kappa shape index (κ2) is 7.56. The van der Waals surface area contributed by atoms with Crippen LogP contribution >= 0.6 is 0 Å². The summed E-state index contributed by atoms with van der Waals surface area (Å²) in [6, 6.07) is 15.0. The Labute approximate surface area is 153 Å². The first kappa shape index (κ1) is 17.9. The quantitative estimate of drug-likeness (QED) is 0.546. The van der Waals surface area contributed by atoms with Crippen molar-refractivity contribution in [3.05, 3.63) is 59.7 Å². The van der Waals surface area contributed by atoms with Crippen molar-refractivity contribution in [2.24, 2.45) is 5.92 Å². The van der Waals surface area contributed by atoms with Crippen LogP contribution in [0.5, 0.6) is 17.4 Å². The molecular formula is C22H23NO3. The van der Waals surface area contributed by atoms with Crippen LogP contribution in [0.15, 0.2) is 48.5 Å². The fourth-order valence-corrected chi connectivity index (χ4v) is 2.58. The van der Waals surface area contributed by atoms with Gasteiger partial charge in [0.1, 0.15) is 11.5 Å². The van der Waals surface area contributed by atoms with Crippen molar-refractivity contribution in [2.75, 3.05) is 6.61 Å². The molecule has 3 rings (SSSR count). The van der Waals surface area contributed by atoms with E-state index in [0.717, 1.165) is 28.0 Å². The summed E-state index contributed by atoms with van der Waals surface area (Å²) in [5.74, 6) is 2.63. The average molecular weight is 349 g/mol. The minimum absolute atomic E-state index is 0.0441. The van der Waals surface area contributed by atoms with Crippen molar-refractivity contribution >= 4 is 16.7 Å². The predicted octanol–water partition coefficient (Wildman–Crippen LogP) is 5.57. The van der Waals surface area contributed by atoms with Crippen LogP contribution in [0.25, 0.3) is 10.9 Å². The minimum atomic E-state index is 0.0441. The largest absolute Gasteiger partial charge is 0.493 e.